The van der Waals surface area contributed by atoms with Gasteiger partial charge in [-0.1, -0.05) is 0 Å². The lowest BCUT2D eigenvalue weighted by molar-refractivity contribution is -0.159. The van der Waals surface area contributed by atoms with E-state index in [-0.39, 0.29) is 16.9 Å². The summed E-state index contributed by atoms with van der Waals surface area (Å²) in [4.78, 5) is 30.8. The molecule has 7 nitrogen and oxygen atoms in total. The number of pyridine rings is 2. The number of rotatable bonds is 6. The van der Waals surface area contributed by atoms with Gasteiger partial charge in [0.25, 0.3) is 5.91 Å². The average Bonchev–Trinajstić information content (AvgIpc) is 2.62. The molecule has 0 atom stereocenters. The van der Waals surface area contributed by atoms with Crippen LogP contribution >= 0.6 is 0 Å². The maximum Gasteiger partial charge on any atom is 0.422 e. The normalized spacial score (nSPS) is 11.7. The van der Waals surface area contributed by atoms with Crippen LogP contribution < -0.4 is 15.4 Å². The maximum absolute atomic E-state index is 13.2. The number of anilines is 1. The predicted molar refractivity (Wildman–Crippen MR) is 95.2 cm³/mol. The minimum Gasteiger partial charge on any atom is -0.468 e. The molecule has 168 valence electrons. The van der Waals surface area contributed by atoms with Gasteiger partial charge >= 0.3 is 12.4 Å². The number of amides is 2. The molecule has 0 radical (unpaired) electrons. The van der Waals surface area contributed by atoms with Gasteiger partial charge in [0.1, 0.15) is 11.4 Å². The molecule has 0 aliphatic carbocycles. The summed E-state index contributed by atoms with van der Waals surface area (Å²) in [5.41, 5.74) is -1.13. The number of aromatic nitrogens is 2. The van der Waals surface area contributed by atoms with Gasteiger partial charge in [-0.2, -0.15) is 26.3 Å². The molecule has 2 aromatic heterocycles. The van der Waals surface area contributed by atoms with Crippen molar-refractivity contribution in [2.24, 2.45) is 0 Å². The third kappa shape index (κ3) is 7.42. The number of carbonyl (C=O) groups is 2. The molecular formula is C18H16F6N4O3. The van der Waals surface area contributed by atoms with E-state index in [0.717, 1.165) is 6.20 Å². The highest BCUT2D eigenvalue weighted by molar-refractivity contribution is 5.96. The maximum atomic E-state index is 13.2. The Morgan fingerprint density at radius 2 is 1.77 bits per heavy atom. The van der Waals surface area contributed by atoms with Gasteiger partial charge in [-0.25, -0.2) is 9.97 Å². The Bertz CT molecular complexity index is 976. The number of nitrogens with zero attached hydrogens (tertiary/aromatic N) is 2. The van der Waals surface area contributed by atoms with Crippen LogP contribution in [0.2, 0.25) is 0 Å². The second-order valence-electron chi connectivity index (χ2n) is 6.34. The van der Waals surface area contributed by atoms with Crippen LogP contribution in [0.15, 0.2) is 24.4 Å². The molecule has 0 bridgehead atoms. The minimum absolute atomic E-state index is 0.0883. The van der Waals surface area contributed by atoms with Gasteiger partial charge in [0.2, 0.25) is 11.8 Å². The lowest BCUT2D eigenvalue weighted by Gasteiger charge is -2.15. The molecule has 0 unspecified atom stereocenters. The van der Waals surface area contributed by atoms with Crippen LogP contribution in [0, 0.1) is 6.92 Å². The van der Waals surface area contributed by atoms with Crippen molar-refractivity contribution in [3.05, 3.63) is 46.8 Å². The molecule has 0 saturated carbocycles. The van der Waals surface area contributed by atoms with Gasteiger partial charge in [0.05, 0.1) is 0 Å². The predicted octanol–water partition coefficient (Wildman–Crippen LogP) is 3.63. The van der Waals surface area contributed by atoms with Crippen LogP contribution in [0.3, 0.4) is 0 Å². The largest absolute Gasteiger partial charge is 0.468 e. The molecule has 0 fully saturated rings. The number of halogens is 6. The number of alkyl halides is 6. The van der Waals surface area contributed by atoms with E-state index in [1.807, 2.05) is 0 Å². The van der Waals surface area contributed by atoms with Crippen molar-refractivity contribution in [1.29, 1.82) is 0 Å². The Morgan fingerprint density at radius 1 is 1.10 bits per heavy atom. The first-order chi connectivity index (χ1) is 14.2. The van der Waals surface area contributed by atoms with Gasteiger partial charge in [-0.3, -0.25) is 9.59 Å². The second kappa shape index (κ2) is 9.18. The third-order valence-electron chi connectivity index (χ3n) is 3.56. The summed E-state index contributed by atoms with van der Waals surface area (Å²) in [7, 11) is 0. The van der Waals surface area contributed by atoms with Crippen molar-refractivity contribution in [3.8, 4) is 5.88 Å². The zero-order chi connectivity index (χ0) is 23.4. The Hall–Kier alpha value is -3.38. The molecule has 31 heavy (non-hydrogen) atoms. The van der Waals surface area contributed by atoms with Crippen molar-refractivity contribution in [2.75, 3.05) is 11.9 Å². The Morgan fingerprint density at radius 3 is 2.35 bits per heavy atom. The van der Waals surface area contributed by atoms with Crippen molar-refractivity contribution in [3.63, 3.8) is 0 Å². The van der Waals surface area contributed by atoms with Gasteiger partial charge < -0.3 is 15.4 Å². The molecule has 13 heteroatoms. The topological polar surface area (TPSA) is 93.2 Å². The molecular weight excluding hydrogens is 434 g/mol. The van der Waals surface area contributed by atoms with E-state index in [1.165, 1.54) is 19.1 Å². The SMILES string of the molecule is CC(=O)Nc1cc(C(=O)NCc2cnc(OCC(F)(F)F)c(C(F)(F)F)c2)cc(C)n1. The summed E-state index contributed by atoms with van der Waals surface area (Å²) in [5, 5.41) is 4.78. The van der Waals surface area contributed by atoms with Crippen LogP contribution in [-0.2, 0) is 17.5 Å². The highest BCUT2D eigenvalue weighted by Crippen LogP contribution is 2.36. The van der Waals surface area contributed by atoms with Gasteiger partial charge in [0, 0.05) is 30.9 Å². The van der Waals surface area contributed by atoms with E-state index in [2.05, 4.69) is 25.3 Å². The number of hydrogen-bond donors (Lipinski definition) is 2. The fourth-order valence-corrected chi connectivity index (χ4v) is 2.39. The monoisotopic (exact) mass is 450 g/mol. The fraction of sp³-hybridized carbons (Fsp3) is 0.333. The van der Waals surface area contributed by atoms with E-state index in [4.69, 9.17) is 0 Å². The van der Waals surface area contributed by atoms with Gasteiger partial charge in [-0.15, -0.1) is 0 Å². The number of ether oxygens (including phenoxy) is 1. The van der Waals surface area contributed by atoms with Crippen molar-refractivity contribution >= 4 is 17.6 Å². The lowest BCUT2D eigenvalue weighted by Crippen LogP contribution is -2.24. The number of carbonyl (C=O) groups excluding carboxylic acids is 2. The highest BCUT2D eigenvalue weighted by atomic mass is 19.4. The van der Waals surface area contributed by atoms with Crippen molar-refractivity contribution in [2.45, 2.75) is 32.7 Å². The standard InChI is InChI=1S/C18H16F6N4O3/c1-9-3-12(5-14(27-9)28-10(2)29)15(30)25-6-11-4-13(18(22,23)24)16(26-7-11)31-8-17(19,20)21/h3-5,7H,6,8H2,1-2H3,(H,25,30)(H,27,28,29). The lowest BCUT2D eigenvalue weighted by atomic mass is 10.1. The molecule has 2 heterocycles. The molecule has 2 amide bonds. The summed E-state index contributed by atoms with van der Waals surface area (Å²) in [6, 6.07) is 3.21. The highest BCUT2D eigenvalue weighted by Gasteiger charge is 2.37. The second-order valence-corrected chi connectivity index (χ2v) is 6.34. The molecule has 0 aliphatic heterocycles. The third-order valence-corrected chi connectivity index (χ3v) is 3.56. The summed E-state index contributed by atoms with van der Waals surface area (Å²) in [6.07, 6.45) is -9.00. The Kier molecular flexibility index (Phi) is 7.08. The first-order valence-electron chi connectivity index (χ1n) is 8.55. The average molecular weight is 450 g/mol. The first kappa shape index (κ1) is 23.9. The summed E-state index contributed by atoms with van der Waals surface area (Å²) in [5.74, 6) is -2.19. The van der Waals surface area contributed by atoms with Crippen LogP contribution in [0.25, 0.3) is 0 Å². The van der Waals surface area contributed by atoms with Gasteiger partial charge in [-0.05, 0) is 30.7 Å². The Balaban J connectivity index is 2.17. The van der Waals surface area contributed by atoms with Crippen LogP contribution in [-0.4, -0.2) is 34.6 Å². The van der Waals surface area contributed by atoms with Crippen molar-refractivity contribution in [1.82, 2.24) is 15.3 Å². The number of aryl methyl sites for hydroxylation is 1. The zero-order valence-electron chi connectivity index (χ0n) is 16.1. The zero-order valence-corrected chi connectivity index (χ0v) is 16.1. The van der Waals surface area contributed by atoms with Crippen LogP contribution in [0.5, 0.6) is 5.88 Å². The smallest absolute Gasteiger partial charge is 0.422 e. The van der Waals surface area contributed by atoms with Crippen LogP contribution in [0.4, 0.5) is 32.2 Å². The summed E-state index contributed by atoms with van der Waals surface area (Å²) in [6.45, 7) is 0.487. The Labute approximate surface area is 171 Å². The number of nitrogens with one attached hydrogen (secondary N) is 2. The quantitative estimate of drug-likeness (QED) is 0.656. The molecule has 2 N–H and O–H groups in total. The van der Waals surface area contributed by atoms with Crippen LogP contribution in [0.1, 0.15) is 34.1 Å². The van der Waals surface area contributed by atoms with E-state index in [1.54, 1.807) is 6.92 Å². The van der Waals surface area contributed by atoms with Crippen molar-refractivity contribution < 1.29 is 40.7 Å². The number of hydrogen-bond acceptors (Lipinski definition) is 5. The van der Waals surface area contributed by atoms with E-state index < -0.39 is 48.8 Å². The summed E-state index contributed by atoms with van der Waals surface area (Å²) < 4.78 is 80.4. The van der Waals surface area contributed by atoms with E-state index in [0.29, 0.717) is 11.8 Å². The van der Waals surface area contributed by atoms with E-state index in [9.17, 15) is 35.9 Å². The molecule has 0 saturated heterocycles. The minimum atomic E-state index is -5.02. The first-order valence-corrected chi connectivity index (χ1v) is 8.55. The van der Waals surface area contributed by atoms with Gasteiger partial charge in [0.15, 0.2) is 6.61 Å². The fourth-order valence-electron chi connectivity index (χ4n) is 2.39. The molecule has 2 aromatic rings. The molecule has 0 aliphatic rings. The summed E-state index contributed by atoms with van der Waals surface area (Å²) >= 11 is 0. The van der Waals surface area contributed by atoms with E-state index >= 15 is 0 Å². The molecule has 0 spiro atoms. The molecule has 2 rings (SSSR count). The molecule has 0 aromatic carbocycles.